The first-order valence-corrected chi connectivity index (χ1v) is 6.70. The molecule has 4 nitrogen and oxygen atoms in total. The molecule has 0 aromatic carbocycles. The highest BCUT2D eigenvalue weighted by Crippen LogP contribution is 2.29. The first-order valence-electron chi connectivity index (χ1n) is 6.70. The van der Waals surface area contributed by atoms with Crippen molar-refractivity contribution in [1.82, 2.24) is 9.78 Å². The Labute approximate surface area is 102 Å². The molecule has 94 valence electrons. The Morgan fingerprint density at radius 2 is 2.18 bits per heavy atom. The van der Waals surface area contributed by atoms with E-state index < -0.39 is 0 Å². The molecule has 1 saturated carbocycles. The minimum Gasteiger partial charge on any atom is -0.488 e. The minimum atomic E-state index is 0.282. The molecule has 1 aromatic heterocycles. The molecule has 0 radical (unpaired) electrons. The van der Waals surface area contributed by atoms with Gasteiger partial charge in [-0.25, -0.2) is 0 Å². The van der Waals surface area contributed by atoms with Gasteiger partial charge in [0.15, 0.2) is 5.75 Å². The third kappa shape index (κ3) is 2.63. The lowest BCUT2D eigenvalue weighted by Crippen LogP contribution is -2.16. The van der Waals surface area contributed by atoms with Gasteiger partial charge in [-0.3, -0.25) is 4.68 Å². The molecule has 1 aromatic rings. The first-order chi connectivity index (χ1) is 8.42. The van der Waals surface area contributed by atoms with Crippen molar-refractivity contribution in [3.05, 3.63) is 12.4 Å². The molecule has 0 spiro atoms. The van der Waals surface area contributed by atoms with E-state index in [9.17, 15) is 0 Å². The Kier molecular flexibility index (Phi) is 3.31. The van der Waals surface area contributed by atoms with E-state index in [4.69, 9.17) is 9.47 Å². The van der Waals surface area contributed by atoms with Gasteiger partial charge >= 0.3 is 0 Å². The molecule has 2 heterocycles. The molecule has 0 amide bonds. The Hall–Kier alpha value is -1.03. The van der Waals surface area contributed by atoms with Crippen molar-refractivity contribution in [2.24, 2.45) is 0 Å². The monoisotopic (exact) mass is 236 g/mol. The molecule has 17 heavy (non-hydrogen) atoms. The van der Waals surface area contributed by atoms with Gasteiger partial charge in [0.1, 0.15) is 6.61 Å². The van der Waals surface area contributed by atoms with Crippen LogP contribution >= 0.6 is 0 Å². The molecule has 1 atom stereocenters. The van der Waals surface area contributed by atoms with Crippen molar-refractivity contribution in [3.63, 3.8) is 0 Å². The second-order valence-corrected chi connectivity index (χ2v) is 5.04. The summed E-state index contributed by atoms with van der Waals surface area (Å²) in [5, 5.41) is 4.39. The van der Waals surface area contributed by atoms with Gasteiger partial charge in [-0.15, -0.1) is 0 Å². The van der Waals surface area contributed by atoms with Crippen LogP contribution in [0.2, 0.25) is 0 Å². The summed E-state index contributed by atoms with van der Waals surface area (Å²) < 4.78 is 13.3. The summed E-state index contributed by atoms with van der Waals surface area (Å²) in [6.07, 6.45) is 11.6. The minimum absolute atomic E-state index is 0.282. The van der Waals surface area contributed by atoms with Crippen LogP contribution < -0.4 is 4.74 Å². The summed E-state index contributed by atoms with van der Waals surface area (Å²) in [6.45, 7) is 1.55. The molecule has 1 aliphatic heterocycles. The number of nitrogens with zero attached hydrogens (tertiary/aromatic N) is 2. The van der Waals surface area contributed by atoms with E-state index in [1.165, 1.54) is 25.7 Å². The van der Waals surface area contributed by atoms with Gasteiger partial charge in [0.05, 0.1) is 24.5 Å². The fourth-order valence-corrected chi connectivity index (χ4v) is 2.73. The standard InChI is InChI=1S/C13H20N2O2/c1-2-5-11(4-1)15-9-13(8-14-15)17-10-12-6-3-7-16-12/h8-9,11-12H,1-7,10H2. The SMILES string of the molecule is c1nn(C2CCCC2)cc1OCC1CCCO1. The van der Waals surface area contributed by atoms with E-state index in [2.05, 4.69) is 9.78 Å². The Morgan fingerprint density at radius 1 is 1.29 bits per heavy atom. The van der Waals surface area contributed by atoms with Crippen molar-refractivity contribution in [2.75, 3.05) is 13.2 Å². The van der Waals surface area contributed by atoms with Crippen LogP contribution in [0.5, 0.6) is 5.75 Å². The third-order valence-corrected chi connectivity index (χ3v) is 3.74. The molecule has 1 saturated heterocycles. The van der Waals surface area contributed by atoms with Crippen molar-refractivity contribution in [1.29, 1.82) is 0 Å². The lowest BCUT2D eigenvalue weighted by molar-refractivity contribution is 0.0679. The van der Waals surface area contributed by atoms with E-state index >= 15 is 0 Å². The maximum absolute atomic E-state index is 5.72. The summed E-state index contributed by atoms with van der Waals surface area (Å²) in [6, 6.07) is 0.593. The highest BCUT2D eigenvalue weighted by molar-refractivity contribution is 5.12. The van der Waals surface area contributed by atoms with Crippen molar-refractivity contribution in [2.45, 2.75) is 50.7 Å². The number of hydrogen-bond acceptors (Lipinski definition) is 3. The average molecular weight is 236 g/mol. The maximum Gasteiger partial charge on any atom is 0.157 e. The topological polar surface area (TPSA) is 36.3 Å². The van der Waals surface area contributed by atoms with Gasteiger partial charge in [0.25, 0.3) is 0 Å². The van der Waals surface area contributed by atoms with Gasteiger partial charge in [0.2, 0.25) is 0 Å². The maximum atomic E-state index is 5.72. The molecular formula is C13H20N2O2. The highest BCUT2D eigenvalue weighted by atomic mass is 16.5. The third-order valence-electron chi connectivity index (χ3n) is 3.74. The normalized spacial score (nSPS) is 25.5. The van der Waals surface area contributed by atoms with Crippen LogP contribution in [0.4, 0.5) is 0 Å². The molecule has 2 aliphatic rings. The van der Waals surface area contributed by atoms with Crippen LogP contribution in [0.25, 0.3) is 0 Å². The van der Waals surface area contributed by atoms with Crippen molar-refractivity contribution >= 4 is 0 Å². The van der Waals surface area contributed by atoms with Gasteiger partial charge in [-0.2, -0.15) is 5.10 Å². The zero-order valence-electron chi connectivity index (χ0n) is 10.2. The molecule has 4 heteroatoms. The van der Waals surface area contributed by atoms with Crippen molar-refractivity contribution in [3.8, 4) is 5.75 Å². The lowest BCUT2D eigenvalue weighted by atomic mass is 10.2. The van der Waals surface area contributed by atoms with Gasteiger partial charge in [-0.05, 0) is 25.7 Å². The second-order valence-electron chi connectivity index (χ2n) is 5.04. The zero-order chi connectivity index (χ0) is 11.5. The van der Waals surface area contributed by atoms with E-state index in [1.807, 2.05) is 12.4 Å². The molecule has 0 N–H and O–H groups in total. The van der Waals surface area contributed by atoms with Crippen LogP contribution in [-0.2, 0) is 4.74 Å². The fraction of sp³-hybridized carbons (Fsp3) is 0.769. The van der Waals surface area contributed by atoms with E-state index in [1.54, 1.807) is 0 Å². The summed E-state index contributed by atoms with van der Waals surface area (Å²) in [5.74, 6) is 0.882. The Morgan fingerprint density at radius 3 is 2.94 bits per heavy atom. The summed E-state index contributed by atoms with van der Waals surface area (Å²) in [7, 11) is 0. The number of aromatic nitrogens is 2. The predicted molar refractivity (Wildman–Crippen MR) is 64.2 cm³/mol. The van der Waals surface area contributed by atoms with Crippen LogP contribution in [0.15, 0.2) is 12.4 Å². The Balaban J connectivity index is 1.52. The molecule has 2 fully saturated rings. The van der Waals surface area contributed by atoms with E-state index in [0.29, 0.717) is 12.6 Å². The van der Waals surface area contributed by atoms with Crippen LogP contribution in [0.1, 0.15) is 44.6 Å². The largest absolute Gasteiger partial charge is 0.488 e. The molecule has 3 rings (SSSR count). The first kappa shape index (κ1) is 11.1. The van der Waals surface area contributed by atoms with Crippen molar-refractivity contribution < 1.29 is 9.47 Å². The fourth-order valence-electron chi connectivity index (χ4n) is 2.73. The van der Waals surface area contributed by atoms with E-state index in [-0.39, 0.29) is 6.10 Å². The van der Waals surface area contributed by atoms with Crippen LogP contribution in [-0.4, -0.2) is 29.1 Å². The molecule has 0 bridgehead atoms. The number of rotatable bonds is 4. The summed E-state index contributed by atoms with van der Waals surface area (Å²) in [4.78, 5) is 0. The summed E-state index contributed by atoms with van der Waals surface area (Å²) >= 11 is 0. The van der Waals surface area contributed by atoms with Gasteiger partial charge < -0.3 is 9.47 Å². The van der Waals surface area contributed by atoms with Crippen LogP contribution in [0, 0.1) is 0 Å². The quantitative estimate of drug-likeness (QED) is 0.806. The number of ether oxygens (including phenoxy) is 2. The smallest absolute Gasteiger partial charge is 0.157 e. The predicted octanol–water partition coefficient (Wildman–Crippen LogP) is 2.56. The lowest BCUT2D eigenvalue weighted by Gasteiger charge is -2.10. The van der Waals surface area contributed by atoms with Gasteiger partial charge in [-0.1, -0.05) is 12.8 Å². The zero-order valence-corrected chi connectivity index (χ0v) is 10.2. The Bertz CT molecular complexity index is 352. The second kappa shape index (κ2) is 5.08. The number of hydrogen-bond donors (Lipinski definition) is 0. The van der Waals surface area contributed by atoms with Gasteiger partial charge in [0, 0.05) is 6.61 Å². The van der Waals surface area contributed by atoms with E-state index in [0.717, 1.165) is 25.2 Å². The average Bonchev–Trinajstić information content (AvgIpc) is 3.09. The highest BCUT2D eigenvalue weighted by Gasteiger charge is 2.19. The summed E-state index contributed by atoms with van der Waals surface area (Å²) in [5.41, 5.74) is 0. The molecule has 1 aliphatic carbocycles. The van der Waals surface area contributed by atoms with Crippen LogP contribution in [0.3, 0.4) is 0 Å². The molecule has 1 unspecified atom stereocenters. The molecular weight excluding hydrogens is 216 g/mol.